The number of nitrogens with one attached hydrogen (secondary N) is 1. The van der Waals surface area contributed by atoms with Crippen LogP contribution in [0.3, 0.4) is 0 Å². The van der Waals surface area contributed by atoms with Gasteiger partial charge in [-0.05, 0) is 56.0 Å². The molecule has 4 heterocycles. The second-order valence-electron chi connectivity index (χ2n) is 9.84. The van der Waals surface area contributed by atoms with Gasteiger partial charge in [0.2, 0.25) is 0 Å². The van der Waals surface area contributed by atoms with Crippen LogP contribution in [0.15, 0.2) is 36.5 Å². The standard InChI is InChI=1S/C28H35N5OS/c1-4-5-8-19(15-20-17-30-22-10-7-6-9-21(20)22)26-25-18(2)31-24(33-13-11-32(3)12-14-33)16-23(25)35-27(26)28(29)34/h6-7,9-10,16-17,19,30H,4-5,8,11-15H2,1-3H3,(H2,29,34). The van der Waals surface area contributed by atoms with Gasteiger partial charge in [-0.15, -0.1) is 11.3 Å². The second kappa shape index (κ2) is 9.99. The molecule has 0 spiro atoms. The summed E-state index contributed by atoms with van der Waals surface area (Å²) in [5, 5.41) is 2.38. The molecule has 1 aliphatic heterocycles. The number of carbonyl (C=O) groups is 1. The van der Waals surface area contributed by atoms with E-state index in [2.05, 4.69) is 72.2 Å². The molecule has 35 heavy (non-hydrogen) atoms. The normalized spacial score (nSPS) is 15.8. The van der Waals surface area contributed by atoms with Crippen molar-refractivity contribution >= 4 is 44.1 Å². The van der Waals surface area contributed by atoms with E-state index >= 15 is 0 Å². The van der Waals surface area contributed by atoms with Gasteiger partial charge in [0, 0.05) is 59.1 Å². The number of benzene rings is 1. The number of carbonyl (C=O) groups excluding carboxylic acids is 1. The topological polar surface area (TPSA) is 78.2 Å². The lowest BCUT2D eigenvalue weighted by Gasteiger charge is -2.33. The molecule has 1 aromatic carbocycles. The van der Waals surface area contributed by atoms with Gasteiger partial charge < -0.3 is 20.5 Å². The zero-order chi connectivity index (χ0) is 24.5. The van der Waals surface area contributed by atoms with Crippen molar-refractivity contribution in [3.05, 3.63) is 58.2 Å². The zero-order valence-electron chi connectivity index (χ0n) is 20.9. The average molecular weight is 490 g/mol. The second-order valence-corrected chi connectivity index (χ2v) is 10.9. The van der Waals surface area contributed by atoms with Crippen LogP contribution in [0.5, 0.6) is 0 Å². The maximum atomic E-state index is 12.7. The third-order valence-electron chi connectivity index (χ3n) is 7.38. The number of para-hydroxylation sites is 1. The summed E-state index contributed by atoms with van der Waals surface area (Å²) in [5.41, 5.74) is 10.5. The first-order valence-electron chi connectivity index (χ1n) is 12.7. The third-order valence-corrected chi connectivity index (χ3v) is 8.55. The Morgan fingerprint density at radius 3 is 2.74 bits per heavy atom. The van der Waals surface area contributed by atoms with Gasteiger partial charge in [-0.3, -0.25) is 4.79 Å². The Hall–Kier alpha value is -2.90. The Labute approximate surface area is 211 Å². The maximum Gasteiger partial charge on any atom is 0.259 e. The molecular weight excluding hydrogens is 454 g/mol. The lowest BCUT2D eigenvalue weighted by atomic mass is 9.85. The first-order chi connectivity index (χ1) is 17.0. The number of H-pyrrole nitrogens is 1. The molecule has 7 heteroatoms. The van der Waals surface area contributed by atoms with Crippen molar-refractivity contribution in [2.75, 3.05) is 38.1 Å². The van der Waals surface area contributed by atoms with E-state index in [1.54, 1.807) is 11.3 Å². The Kier molecular flexibility index (Phi) is 6.80. The summed E-state index contributed by atoms with van der Waals surface area (Å²) in [6, 6.07) is 10.6. The number of pyridine rings is 1. The number of hydrogen-bond donors (Lipinski definition) is 2. The Morgan fingerprint density at radius 1 is 1.23 bits per heavy atom. The molecule has 3 N–H and O–H groups in total. The number of piperazine rings is 1. The minimum absolute atomic E-state index is 0.209. The van der Waals surface area contributed by atoms with Gasteiger partial charge in [0.15, 0.2) is 0 Å². The minimum atomic E-state index is -0.331. The van der Waals surface area contributed by atoms with E-state index in [1.165, 1.54) is 10.9 Å². The first-order valence-corrected chi connectivity index (χ1v) is 13.5. The summed E-state index contributed by atoms with van der Waals surface area (Å²) in [7, 11) is 2.16. The predicted molar refractivity (Wildman–Crippen MR) is 147 cm³/mol. The molecule has 6 nitrogen and oxygen atoms in total. The molecular formula is C28H35N5OS. The van der Waals surface area contributed by atoms with Crippen LogP contribution in [-0.4, -0.2) is 54.0 Å². The quantitative estimate of drug-likeness (QED) is 0.345. The highest BCUT2D eigenvalue weighted by molar-refractivity contribution is 7.21. The van der Waals surface area contributed by atoms with E-state index < -0.39 is 0 Å². The van der Waals surface area contributed by atoms with Crippen LogP contribution in [0.4, 0.5) is 5.82 Å². The Bertz CT molecular complexity index is 1350. The Balaban J connectivity index is 1.59. The molecule has 0 saturated carbocycles. The van der Waals surface area contributed by atoms with Gasteiger partial charge in [-0.1, -0.05) is 38.0 Å². The Morgan fingerprint density at radius 2 is 2.00 bits per heavy atom. The molecule has 0 bridgehead atoms. The number of aromatic amines is 1. The average Bonchev–Trinajstić information content (AvgIpc) is 3.44. The fraction of sp³-hybridized carbons (Fsp3) is 0.429. The van der Waals surface area contributed by atoms with Crippen molar-refractivity contribution in [1.82, 2.24) is 14.9 Å². The molecule has 1 atom stereocenters. The summed E-state index contributed by atoms with van der Waals surface area (Å²) in [4.78, 5) is 26.6. The first kappa shape index (κ1) is 23.8. The van der Waals surface area contributed by atoms with Gasteiger partial charge in [0.05, 0.1) is 4.88 Å². The van der Waals surface area contributed by atoms with Crippen LogP contribution >= 0.6 is 11.3 Å². The number of hydrogen-bond acceptors (Lipinski definition) is 5. The fourth-order valence-electron chi connectivity index (χ4n) is 5.45. The molecule has 5 rings (SSSR count). The van der Waals surface area contributed by atoms with Crippen molar-refractivity contribution in [3.8, 4) is 0 Å². The van der Waals surface area contributed by atoms with E-state index in [4.69, 9.17) is 10.7 Å². The number of fused-ring (bicyclic) bond motifs is 2. The van der Waals surface area contributed by atoms with Gasteiger partial charge in [0.25, 0.3) is 5.91 Å². The number of likely N-dealkylation sites (N-methyl/N-ethyl adjacent to an activating group) is 1. The molecule has 3 aromatic heterocycles. The number of unbranched alkanes of at least 4 members (excludes halogenated alkanes) is 1. The zero-order valence-corrected chi connectivity index (χ0v) is 21.8. The molecule has 1 aliphatic rings. The van der Waals surface area contributed by atoms with Gasteiger partial charge in [-0.2, -0.15) is 0 Å². The fourth-order valence-corrected chi connectivity index (χ4v) is 6.67. The number of aryl methyl sites for hydroxylation is 1. The summed E-state index contributed by atoms with van der Waals surface area (Å²) >= 11 is 1.54. The van der Waals surface area contributed by atoms with Crippen LogP contribution in [0.1, 0.15) is 58.6 Å². The number of nitrogens with two attached hydrogens (primary N) is 1. The van der Waals surface area contributed by atoms with Gasteiger partial charge in [0.1, 0.15) is 5.82 Å². The van der Waals surface area contributed by atoms with E-state index in [-0.39, 0.29) is 11.8 Å². The SMILES string of the molecule is CCCCC(Cc1c[nH]c2ccccc12)c1c(C(N)=O)sc2cc(N3CCN(C)CC3)nc(C)c12. The van der Waals surface area contributed by atoms with E-state index in [0.717, 1.165) is 84.5 Å². The van der Waals surface area contributed by atoms with Crippen molar-refractivity contribution in [2.45, 2.75) is 45.4 Å². The van der Waals surface area contributed by atoms with Crippen molar-refractivity contribution in [2.24, 2.45) is 5.73 Å². The number of amides is 1. The molecule has 184 valence electrons. The lowest BCUT2D eigenvalue weighted by molar-refractivity contribution is 0.100. The van der Waals surface area contributed by atoms with Crippen LogP contribution < -0.4 is 10.6 Å². The highest BCUT2D eigenvalue weighted by Gasteiger charge is 2.27. The summed E-state index contributed by atoms with van der Waals surface area (Å²) < 4.78 is 1.12. The highest BCUT2D eigenvalue weighted by Crippen LogP contribution is 2.42. The minimum Gasteiger partial charge on any atom is -0.365 e. The van der Waals surface area contributed by atoms with Crippen molar-refractivity contribution < 1.29 is 4.79 Å². The molecule has 1 unspecified atom stereocenters. The monoisotopic (exact) mass is 489 g/mol. The summed E-state index contributed by atoms with van der Waals surface area (Å²) in [6.45, 7) is 8.31. The predicted octanol–water partition coefficient (Wildman–Crippen LogP) is 5.45. The van der Waals surface area contributed by atoms with Crippen molar-refractivity contribution in [3.63, 3.8) is 0 Å². The molecule has 1 fully saturated rings. The lowest BCUT2D eigenvalue weighted by Crippen LogP contribution is -2.44. The summed E-state index contributed by atoms with van der Waals surface area (Å²) in [6.07, 6.45) is 6.23. The smallest absolute Gasteiger partial charge is 0.259 e. The van der Waals surface area contributed by atoms with Crippen molar-refractivity contribution in [1.29, 1.82) is 0 Å². The molecule has 1 amide bonds. The highest BCUT2D eigenvalue weighted by atomic mass is 32.1. The summed E-state index contributed by atoms with van der Waals surface area (Å²) in [5.74, 6) is 0.885. The molecule has 0 radical (unpaired) electrons. The third kappa shape index (κ3) is 4.67. The molecule has 0 aliphatic carbocycles. The number of nitrogens with zero attached hydrogens (tertiary/aromatic N) is 3. The van der Waals surface area contributed by atoms with Crippen LogP contribution in [0, 0.1) is 6.92 Å². The van der Waals surface area contributed by atoms with Crippen LogP contribution in [-0.2, 0) is 6.42 Å². The van der Waals surface area contributed by atoms with Gasteiger partial charge >= 0.3 is 0 Å². The number of thiophene rings is 1. The van der Waals surface area contributed by atoms with E-state index in [9.17, 15) is 4.79 Å². The number of anilines is 1. The number of aromatic nitrogens is 2. The molecule has 1 saturated heterocycles. The number of primary amides is 1. The van der Waals surface area contributed by atoms with Crippen LogP contribution in [0.2, 0.25) is 0 Å². The van der Waals surface area contributed by atoms with E-state index in [0.29, 0.717) is 4.88 Å². The largest absolute Gasteiger partial charge is 0.365 e. The van der Waals surface area contributed by atoms with Gasteiger partial charge in [-0.25, -0.2) is 4.98 Å². The maximum absolute atomic E-state index is 12.7. The number of rotatable bonds is 8. The molecule has 4 aromatic rings. The van der Waals surface area contributed by atoms with Crippen LogP contribution in [0.25, 0.3) is 21.0 Å². The van der Waals surface area contributed by atoms with E-state index in [1.807, 2.05) is 0 Å².